The number of hydrazine groups is 1. The van der Waals surface area contributed by atoms with E-state index in [9.17, 15) is 0 Å². The zero-order chi connectivity index (χ0) is 14.0. The number of nitrogens with one attached hydrogen (secondary N) is 1. The van der Waals surface area contributed by atoms with Gasteiger partial charge in [-0.2, -0.15) is 0 Å². The maximum Gasteiger partial charge on any atom is 0.146 e. The Morgan fingerprint density at radius 3 is 2.68 bits per heavy atom. The van der Waals surface area contributed by atoms with Crippen molar-refractivity contribution in [3.05, 3.63) is 17.1 Å². The Bertz CT molecular complexity index is 447. The lowest BCUT2D eigenvalue weighted by Crippen LogP contribution is -2.51. The summed E-state index contributed by atoms with van der Waals surface area (Å²) >= 11 is 0. The third-order valence-electron chi connectivity index (χ3n) is 3.97. The van der Waals surface area contributed by atoms with E-state index in [1.807, 2.05) is 13.8 Å². The number of hydrogen-bond acceptors (Lipinski definition) is 6. The molecule has 1 unspecified atom stereocenters. The van der Waals surface area contributed by atoms with Crippen molar-refractivity contribution >= 4 is 5.82 Å². The second kappa shape index (κ2) is 5.81. The van der Waals surface area contributed by atoms with Crippen molar-refractivity contribution in [2.75, 3.05) is 39.2 Å². The number of aromatic nitrogens is 2. The van der Waals surface area contributed by atoms with Crippen LogP contribution in [0.3, 0.4) is 0 Å². The largest absolute Gasteiger partial charge is 0.308 e. The summed E-state index contributed by atoms with van der Waals surface area (Å²) in [4.78, 5) is 13.8. The fraction of sp³-hybridized carbons (Fsp3) is 0.692. The molecule has 2 heterocycles. The van der Waals surface area contributed by atoms with Crippen molar-refractivity contribution in [3.63, 3.8) is 0 Å². The molecule has 0 aromatic carbocycles. The fourth-order valence-corrected chi connectivity index (χ4v) is 2.45. The van der Waals surface area contributed by atoms with Crippen LogP contribution >= 0.6 is 0 Å². The topological polar surface area (TPSA) is 70.3 Å². The number of piperazine rings is 1. The average molecular weight is 264 g/mol. The Hall–Kier alpha value is -1.24. The highest BCUT2D eigenvalue weighted by Gasteiger charge is 2.23. The van der Waals surface area contributed by atoms with E-state index in [2.05, 4.69) is 39.3 Å². The molecule has 3 N–H and O–H groups in total. The predicted octanol–water partition coefficient (Wildman–Crippen LogP) is 0.167. The minimum atomic E-state index is 0.464. The van der Waals surface area contributed by atoms with Crippen LogP contribution in [0.5, 0.6) is 0 Å². The molecule has 1 saturated heterocycles. The summed E-state index contributed by atoms with van der Waals surface area (Å²) in [7, 11) is 4.33. The van der Waals surface area contributed by atoms with Gasteiger partial charge in [-0.15, -0.1) is 0 Å². The lowest BCUT2D eigenvalue weighted by molar-refractivity contribution is 0.113. The van der Waals surface area contributed by atoms with Crippen molar-refractivity contribution in [1.29, 1.82) is 0 Å². The predicted molar refractivity (Wildman–Crippen MR) is 76.9 cm³/mol. The lowest BCUT2D eigenvalue weighted by atomic mass is 10.1. The zero-order valence-corrected chi connectivity index (χ0v) is 12.3. The molecule has 0 amide bonds. The molecule has 1 fully saturated rings. The first-order valence-corrected chi connectivity index (χ1v) is 6.70. The molecule has 6 heteroatoms. The minimum Gasteiger partial charge on any atom is -0.308 e. The monoisotopic (exact) mass is 264 g/mol. The van der Waals surface area contributed by atoms with Gasteiger partial charge in [0.15, 0.2) is 0 Å². The molecule has 1 aromatic rings. The maximum atomic E-state index is 5.51. The normalized spacial score (nSPS) is 21.6. The van der Waals surface area contributed by atoms with Crippen LogP contribution in [-0.4, -0.2) is 59.5 Å². The van der Waals surface area contributed by atoms with Crippen molar-refractivity contribution < 1.29 is 0 Å². The number of nitrogens with zero attached hydrogens (tertiary/aromatic N) is 4. The van der Waals surface area contributed by atoms with Gasteiger partial charge in [-0.05, 0) is 27.9 Å². The van der Waals surface area contributed by atoms with E-state index in [0.717, 1.165) is 49.0 Å². The van der Waals surface area contributed by atoms with Crippen LogP contribution in [0, 0.1) is 13.8 Å². The molecule has 1 aromatic heterocycles. The second-order valence-electron chi connectivity index (χ2n) is 5.44. The second-order valence-corrected chi connectivity index (χ2v) is 5.44. The maximum absolute atomic E-state index is 5.51. The Balaban J connectivity index is 2.16. The van der Waals surface area contributed by atoms with Gasteiger partial charge in [0.25, 0.3) is 0 Å². The van der Waals surface area contributed by atoms with Gasteiger partial charge in [0.05, 0.1) is 0 Å². The molecule has 1 atom stereocenters. The highest BCUT2D eigenvalue weighted by atomic mass is 15.3. The third-order valence-corrected chi connectivity index (χ3v) is 3.97. The van der Waals surface area contributed by atoms with E-state index >= 15 is 0 Å². The summed E-state index contributed by atoms with van der Waals surface area (Å²) < 4.78 is 0. The van der Waals surface area contributed by atoms with E-state index in [0.29, 0.717) is 6.04 Å². The average Bonchev–Trinajstić information content (AvgIpc) is 2.38. The van der Waals surface area contributed by atoms with Gasteiger partial charge < -0.3 is 15.2 Å². The Kier molecular flexibility index (Phi) is 4.34. The van der Waals surface area contributed by atoms with E-state index < -0.39 is 0 Å². The van der Waals surface area contributed by atoms with E-state index in [-0.39, 0.29) is 0 Å². The highest BCUT2D eigenvalue weighted by molar-refractivity contribution is 5.44. The molecule has 0 bridgehead atoms. The van der Waals surface area contributed by atoms with Gasteiger partial charge in [-0.3, -0.25) is 0 Å². The van der Waals surface area contributed by atoms with Crippen LogP contribution in [0.4, 0.5) is 5.82 Å². The van der Waals surface area contributed by atoms with E-state index in [4.69, 9.17) is 5.84 Å². The van der Waals surface area contributed by atoms with Crippen LogP contribution in [-0.2, 0) is 6.42 Å². The SMILES string of the molecule is Cc1nc(CC2CN(C)CCN2C)nc(NN)c1C. The third kappa shape index (κ3) is 3.20. The molecule has 2 rings (SSSR count). The summed E-state index contributed by atoms with van der Waals surface area (Å²) in [6.07, 6.45) is 0.858. The molecular weight excluding hydrogens is 240 g/mol. The smallest absolute Gasteiger partial charge is 0.146 e. The molecule has 1 aliphatic heterocycles. The van der Waals surface area contributed by atoms with Gasteiger partial charge in [0.1, 0.15) is 11.6 Å². The molecule has 0 saturated carbocycles. The van der Waals surface area contributed by atoms with Crippen molar-refractivity contribution in [2.24, 2.45) is 5.84 Å². The first kappa shape index (κ1) is 14.2. The lowest BCUT2D eigenvalue weighted by Gasteiger charge is -2.37. The summed E-state index contributed by atoms with van der Waals surface area (Å²) in [5, 5.41) is 0. The number of nitrogens with two attached hydrogens (primary N) is 1. The molecule has 0 spiro atoms. The van der Waals surface area contributed by atoms with Crippen LogP contribution in [0.1, 0.15) is 17.1 Å². The van der Waals surface area contributed by atoms with Crippen molar-refractivity contribution in [1.82, 2.24) is 19.8 Å². The Morgan fingerprint density at radius 2 is 2.00 bits per heavy atom. The molecular formula is C13H24N6. The van der Waals surface area contributed by atoms with Gasteiger partial charge in [-0.25, -0.2) is 15.8 Å². The molecule has 1 aliphatic rings. The van der Waals surface area contributed by atoms with Gasteiger partial charge in [0, 0.05) is 43.4 Å². The number of likely N-dealkylation sites (N-methyl/N-ethyl adjacent to an activating group) is 2. The van der Waals surface area contributed by atoms with Crippen LogP contribution < -0.4 is 11.3 Å². The quantitative estimate of drug-likeness (QED) is 0.599. The number of hydrogen-bond donors (Lipinski definition) is 2. The molecule has 19 heavy (non-hydrogen) atoms. The minimum absolute atomic E-state index is 0.464. The summed E-state index contributed by atoms with van der Waals surface area (Å²) in [6, 6.07) is 0.464. The molecule has 0 aliphatic carbocycles. The van der Waals surface area contributed by atoms with E-state index in [1.165, 1.54) is 0 Å². The summed E-state index contributed by atoms with van der Waals surface area (Å²) in [5.41, 5.74) is 4.66. The molecule has 106 valence electrons. The summed E-state index contributed by atoms with van der Waals surface area (Å²) in [6.45, 7) is 7.25. The van der Waals surface area contributed by atoms with Gasteiger partial charge in [-0.1, -0.05) is 0 Å². The van der Waals surface area contributed by atoms with Crippen molar-refractivity contribution in [2.45, 2.75) is 26.3 Å². The molecule has 0 radical (unpaired) electrons. The van der Waals surface area contributed by atoms with E-state index in [1.54, 1.807) is 0 Å². The Labute approximate surface area is 115 Å². The van der Waals surface area contributed by atoms with Crippen LogP contribution in [0.25, 0.3) is 0 Å². The van der Waals surface area contributed by atoms with Crippen LogP contribution in [0.2, 0.25) is 0 Å². The van der Waals surface area contributed by atoms with Gasteiger partial charge >= 0.3 is 0 Å². The first-order chi connectivity index (χ1) is 9.01. The van der Waals surface area contributed by atoms with Crippen LogP contribution in [0.15, 0.2) is 0 Å². The highest BCUT2D eigenvalue weighted by Crippen LogP contribution is 2.16. The first-order valence-electron chi connectivity index (χ1n) is 6.70. The van der Waals surface area contributed by atoms with Crippen molar-refractivity contribution in [3.8, 4) is 0 Å². The number of nitrogen functional groups attached to an aromatic ring is 1. The number of aryl methyl sites for hydroxylation is 1. The van der Waals surface area contributed by atoms with Gasteiger partial charge in [0.2, 0.25) is 0 Å². The number of rotatable bonds is 3. The Morgan fingerprint density at radius 1 is 1.26 bits per heavy atom. The zero-order valence-electron chi connectivity index (χ0n) is 12.3. The fourth-order valence-electron chi connectivity index (χ4n) is 2.45. The summed E-state index contributed by atoms with van der Waals surface area (Å²) in [5.74, 6) is 7.11. The molecule has 6 nitrogen and oxygen atoms in total. The standard InChI is InChI=1S/C13H24N6/c1-9-10(2)15-12(16-13(9)17-14)7-11-8-18(3)5-6-19(11)4/h11H,5-8,14H2,1-4H3,(H,15,16,17). The number of anilines is 1.